The van der Waals surface area contributed by atoms with Crippen molar-refractivity contribution in [2.45, 2.75) is 38.8 Å². The summed E-state index contributed by atoms with van der Waals surface area (Å²) in [6.07, 6.45) is 2.58. The second kappa shape index (κ2) is 3.86. The van der Waals surface area contributed by atoms with Crippen molar-refractivity contribution in [2.24, 2.45) is 0 Å². The fourth-order valence-corrected chi connectivity index (χ4v) is 2.28. The average Bonchev–Trinajstić information content (AvgIpc) is 2.50. The van der Waals surface area contributed by atoms with Crippen LogP contribution in [0.2, 0.25) is 0 Å². The van der Waals surface area contributed by atoms with E-state index in [-0.39, 0.29) is 0 Å². The zero-order chi connectivity index (χ0) is 10.9. The number of phenols is 1. The smallest absolute Gasteiger partial charge is 0.115 e. The van der Waals surface area contributed by atoms with E-state index in [0.717, 1.165) is 6.54 Å². The first-order valence-corrected chi connectivity index (χ1v) is 5.61. The molecule has 0 bridgehead atoms. The van der Waals surface area contributed by atoms with Crippen molar-refractivity contribution in [1.82, 2.24) is 4.90 Å². The molecular formula is C13H19NO. The van der Waals surface area contributed by atoms with Gasteiger partial charge in [-0.15, -0.1) is 0 Å². The zero-order valence-corrected chi connectivity index (χ0v) is 9.53. The van der Waals surface area contributed by atoms with Crippen molar-refractivity contribution in [2.75, 3.05) is 6.54 Å². The molecule has 2 rings (SSSR count). The molecule has 1 aromatic rings. The predicted molar refractivity (Wildman–Crippen MR) is 61.8 cm³/mol. The number of benzene rings is 1. The first kappa shape index (κ1) is 10.5. The van der Waals surface area contributed by atoms with Gasteiger partial charge in [0.05, 0.1) is 0 Å². The maximum atomic E-state index is 9.21. The summed E-state index contributed by atoms with van der Waals surface area (Å²) in [5.74, 6) is 0.347. The van der Waals surface area contributed by atoms with Gasteiger partial charge < -0.3 is 5.11 Å². The number of likely N-dealkylation sites (tertiary alicyclic amines) is 1. The van der Waals surface area contributed by atoms with Gasteiger partial charge in [0, 0.05) is 12.1 Å². The van der Waals surface area contributed by atoms with Crippen LogP contribution in [0.3, 0.4) is 0 Å². The van der Waals surface area contributed by atoms with Gasteiger partial charge in [0.1, 0.15) is 5.75 Å². The molecule has 2 nitrogen and oxygen atoms in total. The third kappa shape index (κ3) is 2.32. The zero-order valence-electron chi connectivity index (χ0n) is 9.53. The first-order chi connectivity index (χ1) is 7.08. The van der Waals surface area contributed by atoms with E-state index in [9.17, 15) is 5.11 Å². The minimum absolute atomic E-state index is 0.331. The Kier molecular flexibility index (Phi) is 2.70. The second-order valence-corrected chi connectivity index (χ2v) is 5.00. The normalized spacial score (nSPS) is 20.7. The molecule has 1 aliphatic rings. The number of phenolic OH excluding ortho intramolecular Hbond substituents is 1. The summed E-state index contributed by atoms with van der Waals surface area (Å²) in [6, 6.07) is 7.53. The number of hydrogen-bond donors (Lipinski definition) is 1. The van der Waals surface area contributed by atoms with E-state index in [1.54, 1.807) is 12.1 Å². The summed E-state index contributed by atoms with van der Waals surface area (Å²) in [7, 11) is 0. The number of hydrogen-bond acceptors (Lipinski definition) is 2. The highest BCUT2D eigenvalue weighted by atomic mass is 16.3. The van der Waals surface area contributed by atoms with Crippen molar-refractivity contribution in [1.29, 1.82) is 0 Å². The Balaban J connectivity index is 2.06. The Hall–Kier alpha value is -1.02. The van der Waals surface area contributed by atoms with Crippen molar-refractivity contribution < 1.29 is 5.11 Å². The van der Waals surface area contributed by atoms with Crippen molar-refractivity contribution >= 4 is 0 Å². The SMILES string of the molecule is CC1(C)CCCN1Cc1ccc(O)cc1. The molecule has 1 saturated heterocycles. The molecule has 1 aromatic carbocycles. The topological polar surface area (TPSA) is 23.5 Å². The van der Waals surface area contributed by atoms with Gasteiger partial charge in [-0.05, 0) is 50.9 Å². The summed E-state index contributed by atoms with van der Waals surface area (Å²) >= 11 is 0. The monoisotopic (exact) mass is 205 g/mol. The van der Waals surface area contributed by atoms with Crippen LogP contribution in [0.25, 0.3) is 0 Å². The number of nitrogens with zero attached hydrogens (tertiary/aromatic N) is 1. The van der Waals surface area contributed by atoms with Crippen LogP contribution in [0.5, 0.6) is 5.75 Å². The van der Waals surface area contributed by atoms with Crippen LogP contribution in [0, 0.1) is 0 Å². The lowest BCUT2D eigenvalue weighted by Gasteiger charge is -2.31. The molecule has 1 aliphatic heterocycles. The molecule has 82 valence electrons. The predicted octanol–water partition coefficient (Wildman–Crippen LogP) is 2.77. The molecular weight excluding hydrogens is 186 g/mol. The van der Waals surface area contributed by atoms with Crippen LogP contribution >= 0.6 is 0 Å². The Morgan fingerprint density at radius 2 is 1.93 bits per heavy atom. The van der Waals surface area contributed by atoms with Gasteiger partial charge in [-0.25, -0.2) is 0 Å². The van der Waals surface area contributed by atoms with Gasteiger partial charge >= 0.3 is 0 Å². The fraction of sp³-hybridized carbons (Fsp3) is 0.538. The van der Waals surface area contributed by atoms with Gasteiger partial charge in [0.25, 0.3) is 0 Å². The average molecular weight is 205 g/mol. The van der Waals surface area contributed by atoms with Gasteiger partial charge in [0.2, 0.25) is 0 Å². The third-order valence-electron chi connectivity index (χ3n) is 3.38. The van der Waals surface area contributed by atoms with Crippen LogP contribution in [0.4, 0.5) is 0 Å². The van der Waals surface area contributed by atoms with Crippen molar-refractivity contribution in [3.63, 3.8) is 0 Å². The van der Waals surface area contributed by atoms with E-state index >= 15 is 0 Å². The van der Waals surface area contributed by atoms with Crippen LogP contribution in [-0.4, -0.2) is 22.1 Å². The molecule has 1 heterocycles. The molecule has 0 spiro atoms. The summed E-state index contributed by atoms with van der Waals surface area (Å²) in [6.45, 7) is 6.79. The molecule has 0 amide bonds. The lowest BCUT2D eigenvalue weighted by atomic mass is 10.0. The van der Waals surface area contributed by atoms with Crippen LogP contribution in [0.15, 0.2) is 24.3 Å². The van der Waals surface area contributed by atoms with E-state index in [1.807, 2.05) is 12.1 Å². The minimum atomic E-state index is 0.331. The first-order valence-electron chi connectivity index (χ1n) is 5.61. The van der Waals surface area contributed by atoms with E-state index < -0.39 is 0 Å². The largest absolute Gasteiger partial charge is 0.508 e. The van der Waals surface area contributed by atoms with E-state index in [1.165, 1.54) is 24.9 Å². The van der Waals surface area contributed by atoms with E-state index in [2.05, 4.69) is 18.7 Å². The highest BCUT2D eigenvalue weighted by Gasteiger charge is 2.31. The molecule has 2 heteroatoms. The van der Waals surface area contributed by atoms with Gasteiger partial charge in [-0.2, -0.15) is 0 Å². The quantitative estimate of drug-likeness (QED) is 0.802. The standard InChI is InChI=1S/C13H19NO/c1-13(2)8-3-9-14(13)10-11-4-6-12(15)7-5-11/h4-7,15H,3,8-10H2,1-2H3. The summed E-state index contributed by atoms with van der Waals surface area (Å²) < 4.78 is 0. The number of rotatable bonds is 2. The maximum absolute atomic E-state index is 9.21. The highest BCUT2D eigenvalue weighted by molar-refractivity contribution is 5.26. The fourth-order valence-electron chi connectivity index (χ4n) is 2.28. The van der Waals surface area contributed by atoms with Gasteiger partial charge in [-0.1, -0.05) is 12.1 Å². The Labute approximate surface area is 91.5 Å². The molecule has 15 heavy (non-hydrogen) atoms. The Bertz CT molecular complexity index is 329. The maximum Gasteiger partial charge on any atom is 0.115 e. The molecule has 1 fully saturated rings. The van der Waals surface area contributed by atoms with Crippen LogP contribution in [-0.2, 0) is 6.54 Å². The Morgan fingerprint density at radius 1 is 1.27 bits per heavy atom. The van der Waals surface area contributed by atoms with Crippen molar-refractivity contribution in [3.05, 3.63) is 29.8 Å². The van der Waals surface area contributed by atoms with Crippen LogP contribution < -0.4 is 0 Å². The molecule has 0 radical (unpaired) electrons. The summed E-state index contributed by atoms with van der Waals surface area (Å²) in [4.78, 5) is 2.51. The molecule has 0 unspecified atom stereocenters. The lowest BCUT2D eigenvalue weighted by molar-refractivity contribution is 0.166. The summed E-state index contributed by atoms with van der Waals surface area (Å²) in [5.41, 5.74) is 1.61. The van der Waals surface area contributed by atoms with Crippen molar-refractivity contribution in [3.8, 4) is 5.75 Å². The molecule has 1 N–H and O–H groups in total. The van der Waals surface area contributed by atoms with Crippen LogP contribution in [0.1, 0.15) is 32.3 Å². The molecule has 0 aromatic heterocycles. The molecule has 0 saturated carbocycles. The Morgan fingerprint density at radius 3 is 2.47 bits per heavy atom. The number of aromatic hydroxyl groups is 1. The van der Waals surface area contributed by atoms with E-state index in [4.69, 9.17) is 0 Å². The second-order valence-electron chi connectivity index (χ2n) is 5.00. The van der Waals surface area contributed by atoms with Gasteiger partial charge in [-0.3, -0.25) is 4.90 Å². The minimum Gasteiger partial charge on any atom is -0.508 e. The molecule has 0 atom stereocenters. The summed E-state index contributed by atoms with van der Waals surface area (Å²) in [5, 5.41) is 9.21. The highest BCUT2D eigenvalue weighted by Crippen LogP contribution is 2.29. The lowest BCUT2D eigenvalue weighted by Crippen LogP contribution is -2.37. The third-order valence-corrected chi connectivity index (χ3v) is 3.38. The van der Waals surface area contributed by atoms with E-state index in [0.29, 0.717) is 11.3 Å². The molecule has 0 aliphatic carbocycles. The van der Waals surface area contributed by atoms with Gasteiger partial charge in [0.15, 0.2) is 0 Å².